The largest absolute Gasteiger partial charge is 0.283 e. The molecule has 0 aliphatic rings. The molecule has 0 unspecified atom stereocenters. The Morgan fingerprint density at radius 3 is 2.00 bits per heavy atom. The molecule has 1 nitrogen and oxygen atoms in total. The SMILES string of the molecule is [O]c1c(F)ccc(F)c1F. The van der Waals surface area contributed by atoms with Crippen molar-refractivity contribution in [1.29, 1.82) is 0 Å². The van der Waals surface area contributed by atoms with Gasteiger partial charge in [0.25, 0.3) is 5.75 Å². The van der Waals surface area contributed by atoms with Gasteiger partial charge in [-0.3, -0.25) is 5.11 Å². The third kappa shape index (κ3) is 0.920. The Bertz CT molecular complexity index is 232. The molecule has 1 aromatic carbocycles. The van der Waals surface area contributed by atoms with E-state index in [4.69, 9.17) is 0 Å². The topological polar surface area (TPSA) is 19.9 Å². The van der Waals surface area contributed by atoms with Crippen LogP contribution in [0.3, 0.4) is 0 Å². The molecule has 1 aromatic rings. The number of hydrogen-bond donors (Lipinski definition) is 0. The molecule has 4 heteroatoms. The number of rotatable bonds is 0. The van der Waals surface area contributed by atoms with Gasteiger partial charge >= 0.3 is 0 Å². The van der Waals surface area contributed by atoms with E-state index in [9.17, 15) is 18.3 Å². The Labute approximate surface area is 54.7 Å². The molecule has 0 N–H and O–H groups in total. The minimum absolute atomic E-state index is 0.562. The summed E-state index contributed by atoms with van der Waals surface area (Å²) in [6, 6.07) is 1.15. The quantitative estimate of drug-likeness (QED) is 0.501. The lowest BCUT2D eigenvalue weighted by Crippen LogP contribution is -1.85. The van der Waals surface area contributed by atoms with E-state index in [0.717, 1.165) is 0 Å². The highest BCUT2D eigenvalue weighted by molar-refractivity contribution is 5.25. The van der Waals surface area contributed by atoms with Crippen LogP contribution in [0.5, 0.6) is 5.75 Å². The van der Waals surface area contributed by atoms with Crippen LogP contribution in [0.1, 0.15) is 0 Å². The third-order valence-corrected chi connectivity index (χ3v) is 1.00. The summed E-state index contributed by atoms with van der Waals surface area (Å²) in [6.07, 6.45) is 0. The van der Waals surface area contributed by atoms with E-state index in [-0.39, 0.29) is 0 Å². The molecule has 0 fully saturated rings. The van der Waals surface area contributed by atoms with Gasteiger partial charge in [0.05, 0.1) is 0 Å². The van der Waals surface area contributed by atoms with E-state index in [1.807, 2.05) is 0 Å². The van der Waals surface area contributed by atoms with Crippen LogP contribution in [0.25, 0.3) is 0 Å². The van der Waals surface area contributed by atoms with Crippen LogP contribution in [0.15, 0.2) is 12.1 Å². The Balaban J connectivity index is 3.34. The first-order valence-corrected chi connectivity index (χ1v) is 2.43. The van der Waals surface area contributed by atoms with Crippen molar-refractivity contribution in [2.75, 3.05) is 0 Å². The molecule has 0 amide bonds. The summed E-state index contributed by atoms with van der Waals surface area (Å²) in [7, 11) is 0. The summed E-state index contributed by atoms with van der Waals surface area (Å²) in [5.41, 5.74) is 0. The first-order chi connectivity index (χ1) is 4.63. The zero-order chi connectivity index (χ0) is 7.72. The summed E-state index contributed by atoms with van der Waals surface area (Å²) in [5, 5.41) is 10.2. The van der Waals surface area contributed by atoms with Gasteiger partial charge in [0.1, 0.15) is 0 Å². The fourth-order valence-electron chi connectivity index (χ4n) is 0.508. The minimum Gasteiger partial charge on any atom is -0.283 e. The Morgan fingerprint density at radius 2 is 1.50 bits per heavy atom. The number of benzene rings is 1. The molecule has 0 aliphatic heterocycles. The van der Waals surface area contributed by atoms with Gasteiger partial charge < -0.3 is 0 Å². The summed E-state index contributed by atoms with van der Waals surface area (Å²) in [4.78, 5) is 0. The van der Waals surface area contributed by atoms with E-state index in [0.29, 0.717) is 12.1 Å². The first-order valence-electron chi connectivity index (χ1n) is 2.43. The zero-order valence-corrected chi connectivity index (χ0v) is 4.70. The fourth-order valence-corrected chi connectivity index (χ4v) is 0.508. The Hall–Kier alpha value is -1.19. The summed E-state index contributed by atoms with van der Waals surface area (Å²) < 4.78 is 36.1. The van der Waals surface area contributed by atoms with Gasteiger partial charge in [0, 0.05) is 0 Å². The molecule has 0 aliphatic carbocycles. The van der Waals surface area contributed by atoms with Gasteiger partial charge in [0.2, 0.25) is 5.82 Å². The van der Waals surface area contributed by atoms with Crippen LogP contribution >= 0.6 is 0 Å². The van der Waals surface area contributed by atoms with Crippen molar-refractivity contribution >= 4 is 0 Å². The first kappa shape index (κ1) is 6.92. The highest BCUT2D eigenvalue weighted by Crippen LogP contribution is 2.21. The smallest absolute Gasteiger partial charge is 0.252 e. The highest BCUT2D eigenvalue weighted by Gasteiger charge is 2.13. The maximum Gasteiger partial charge on any atom is 0.252 e. The van der Waals surface area contributed by atoms with E-state index in [1.165, 1.54) is 0 Å². The van der Waals surface area contributed by atoms with Crippen molar-refractivity contribution < 1.29 is 18.3 Å². The van der Waals surface area contributed by atoms with E-state index in [1.54, 1.807) is 0 Å². The zero-order valence-electron chi connectivity index (χ0n) is 4.70. The third-order valence-electron chi connectivity index (χ3n) is 1.00. The van der Waals surface area contributed by atoms with Crippen LogP contribution in [0, 0.1) is 17.5 Å². The van der Waals surface area contributed by atoms with Gasteiger partial charge in [-0.15, -0.1) is 0 Å². The summed E-state index contributed by atoms with van der Waals surface area (Å²) >= 11 is 0. The van der Waals surface area contributed by atoms with Gasteiger partial charge in [-0.05, 0) is 12.1 Å². The molecule has 0 bridgehead atoms. The normalized spacial score (nSPS) is 9.90. The van der Waals surface area contributed by atoms with E-state index in [2.05, 4.69) is 0 Å². The van der Waals surface area contributed by atoms with Crippen molar-refractivity contribution in [3.05, 3.63) is 29.6 Å². The average Bonchev–Trinajstić information content (AvgIpc) is 1.93. The second kappa shape index (κ2) is 2.21. The monoisotopic (exact) mass is 147 g/mol. The molecular weight excluding hydrogens is 145 g/mol. The lowest BCUT2D eigenvalue weighted by Gasteiger charge is -1.92. The number of hydrogen-bond acceptors (Lipinski definition) is 0. The maximum atomic E-state index is 12.1. The van der Waals surface area contributed by atoms with E-state index < -0.39 is 23.2 Å². The number of halogens is 3. The van der Waals surface area contributed by atoms with E-state index >= 15 is 0 Å². The standard InChI is InChI=1S/C6H2F3O/c7-3-1-2-4(8)6(10)5(3)9/h1-2H. The van der Waals surface area contributed by atoms with Crippen LogP contribution in [0.4, 0.5) is 13.2 Å². The van der Waals surface area contributed by atoms with Gasteiger partial charge in [0.15, 0.2) is 11.6 Å². The van der Waals surface area contributed by atoms with Crippen LogP contribution < -0.4 is 0 Å². The van der Waals surface area contributed by atoms with Crippen molar-refractivity contribution in [2.24, 2.45) is 0 Å². The second-order valence-corrected chi connectivity index (χ2v) is 1.67. The molecular formula is C6H2F3O. The van der Waals surface area contributed by atoms with Crippen LogP contribution in [-0.4, -0.2) is 0 Å². The predicted molar refractivity (Wildman–Crippen MR) is 26.4 cm³/mol. The van der Waals surface area contributed by atoms with Crippen LogP contribution in [0.2, 0.25) is 0 Å². The molecule has 53 valence electrons. The molecule has 0 atom stereocenters. The molecule has 0 saturated heterocycles. The molecule has 0 spiro atoms. The second-order valence-electron chi connectivity index (χ2n) is 1.67. The Kier molecular flexibility index (Phi) is 1.53. The highest BCUT2D eigenvalue weighted by atomic mass is 19.2. The lowest BCUT2D eigenvalue weighted by atomic mass is 10.3. The van der Waals surface area contributed by atoms with Crippen LogP contribution in [-0.2, 0) is 5.11 Å². The lowest BCUT2D eigenvalue weighted by molar-refractivity contribution is 0.297. The summed E-state index contributed by atoms with van der Waals surface area (Å²) in [5.74, 6) is -5.80. The average molecular weight is 147 g/mol. The molecule has 0 saturated carbocycles. The van der Waals surface area contributed by atoms with Crippen molar-refractivity contribution in [1.82, 2.24) is 0 Å². The van der Waals surface area contributed by atoms with Gasteiger partial charge in [-0.25, -0.2) is 8.78 Å². The maximum absolute atomic E-state index is 12.1. The van der Waals surface area contributed by atoms with Crippen molar-refractivity contribution in [3.63, 3.8) is 0 Å². The van der Waals surface area contributed by atoms with Gasteiger partial charge in [-0.1, -0.05) is 0 Å². The molecule has 0 aromatic heterocycles. The molecule has 1 radical (unpaired) electrons. The molecule has 10 heavy (non-hydrogen) atoms. The van der Waals surface area contributed by atoms with Crippen molar-refractivity contribution in [3.8, 4) is 5.75 Å². The fraction of sp³-hybridized carbons (Fsp3) is 0. The molecule has 1 rings (SSSR count). The minimum atomic E-state index is -1.67. The van der Waals surface area contributed by atoms with Crippen molar-refractivity contribution in [2.45, 2.75) is 0 Å². The Morgan fingerprint density at radius 1 is 1.00 bits per heavy atom. The summed E-state index contributed by atoms with van der Waals surface area (Å²) in [6.45, 7) is 0. The predicted octanol–water partition coefficient (Wildman–Crippen LogP) is 2.25. The molecule has 0 heterocycles. The van der Waals surface area contributed by atoms with Gasteiger partial charge in [-0.2, -0.15) is 4.39 Å².